The highest BCUT2D eigenvalue weighted by atomic mass is 16.5. The minimum atomic E-state index is -0.105. The highest BCUT2D eigenvalue weighted by Gasteiger charge is 2.44. The number of amides is 1. The molecule has 1 rings (SSSR count). The summed E-state index contributed by atoms with van der Waals surface area (Å²) in [6.07, 6.45) is 4.72. The maximum absolute atomic E-state index is 12.1. The van der Waals surface area contributed by atoms with E-state index in [0.29, 0.717) is 18.5 Å². The van der Waals surface area contributed by atoms with Crippen molar-refractivity contribution in [3.05, 3.63) is 12.2 Å². The van der Waals surface area contributed by atoms with Gasteiger partial charge in [0.25, 0.3) is 0 Å². The zero-order valence-electron chi connectivity index (χ0n) is 16.9. The Bertz CT molecular complexity index is 479. The van der Waals surface area contributed by atoms with Crippen LogP contribution in [-0.2, 0) is 14.3 Å². The van der Waals surface area contributed by atoms with E-state index in [0.717, 1.165) is 32.1 Å². The van der Waals surface area contributed by atoms with Crippen molar-refractivity contribution in [1.29, 1.82) is 0 Å². The summed E-state index contributed by atoms with van der Waals surface area (Å²) in [5, 5.41) is 2.80. The number of ether oxygens (including phenoxy) is 1. The normalized spacial score (nSPS) is 20.1. The molecule has 1 N–H and O–H groups in total. The number of carbonyl (C=O) groups is 2. The first kappa shape index (κ1) is 21.7. The first-order chi connectivity index (χ1) is 11.5. The van der Waals surface area contributed by atoms with Gasteiger partial charge in [-0.25, -0.2) is 0 Å². The zero-order valence-corrected chi connectivity index (χ0v) is 16.9. The van der Waals surface area contributed by atoms with E-state index in [-0.39, 0.29) is 29.1 Å². The predicted octanol–water partition coefficient (Wildman–Crippen LogP) is 3.43. The Kier molecular flexibility index (Phi) is 7.66. The third-order valence-corrected chi connectivity index (χ3v) is 5.30. The molecule has 1 saturated heterocycles. The number of carbonyl (C=O) groups excluding carboxylic acids is 2. The maximum atomic E-state index is 12.1. The van der Waals surface area contributed by atoms with Crippen molar-refractivity contribution >= 4 is 11.9 Å². The third kappa shape index (κ3) is 6.81. The van der Waals surface area contributed by atoms with Gasteiger partial charge in [-0.15, -0.1) is 0 Å². The molecule has 0 bridgehead atoms. The van der Waals surface area contributed by atoms with E-state index in [9.17, 15) is 9.59 Å². The Morgan fingerprint density at radius 3 is 2.20 bits per heavy atom. The first-order valence-corrected chi connectivity index (χ1v) is 9.33. The highest BCUT2D eigenvalue weighted by molar-refractivity contribution is 5.91. The molecule has 0 aromatic carbocycles. The van der Waals surface area contributed by atoms with Crippen LogP contribution >= 0.6 is 0 Å². The molecule has 0 radical (unpaired) electrons. The summed E-state index contributed by atoms with van der Waals surface area (Å²) in [6.45, 7) is 14.7. The molecule has 1 fully saturated rings. The van der Waals surface area contributed by atoms with Crippen LogP contribution in [0.3, 0.4) is 0 Å². The van der Waals surface area contributed by atoms with Gasteiger partial charge in [-0.05, 0) is 54.5 Å². The topological polar surface area (TPSA) is 58.6 Å². The van der Waals surface area contributed by atoms with E-state index in [2.05, 4.69) is 51.5 Å². The Morgan fingerprint density at radius 1 is 1.12 bits per heavy atom. The van der Waals surface area contributed by atoms with Gasteiger partial charge in [0.2, 0.25) is 5.91 Å². The predicted molar refractivity (Wildman–Crippen MR) is 101 cm³/mol. The number of esters is 1. The van der Waals surface area contributed by atoms with Crippen molar-refractivity contribution in [1.82, 2.24) is 10.2 Å². The SMILES string of the molecule is C=C(C)C(=O)NCCCCCC(=O)OC1CC(C)(C)N(C)C(C)(C)C1. The minimum absolute atomic E-state index is 0.0106. The van der Waals surface area contributed by atoms with Crippen molar-refractivity contribution in [3.63, 3.8) is 0 Å². The number of likely N-dealkylation sites (tertiary alicyclic amines) is 1. The van der Waals surface area contributed by atoms with E-state index in [1.807, 2.05) is 0 Å². The van der Waals surface area contributed by atoms with Crippen LogP contribution < -0.4 is 5.32 Å². The van der Waals surface area contributed by atoms with Crippen LogP contribution in [0.15, 0.2) is 12.2 Å². The first-order valence-electron chi connectivity index (χ1n) is 9.33. The third-order valence-electron chi connectivity index (χ3n) is 5.30. The molecular weight excluding hydrogens is 316 g/mol. The van der Waals surface area contributed by atoms with Crippen molar-refractivity contribution in [2.24, 2.45) is 0 Å². The number of unbranched alkanes of at least 4 members (excludes halogenated alkanes) is 2. The summed E-state index contributed by atoms with van der Waals surface area (Å²) in [6, 6.07) is 0. The quantitative estimate of drug-likeness (QED) is 0.413. The van der Waals surface area contributed by atoms with Crippen LogP contribution in [0.1, 0.15) is 73.1 Å². The van der Waals surface area contributed by atoms with Gasteiger partial charge in [0, 0.05) is 42.5 Å². The molecule has 5 nitrogen and oxygen atoms in total. The fourth-order valence-corrected chi connectivity index (χ4v) is 3.53. The molecule has 1 aliphatic heterocycles. The number of rotatable bonds is 8. The standard InChI is InChI=1S/C20H36N2O3/c1-15(2)18(24)21-12-10-8-9-11-17(23)25-16-13-19(3,4)22(7)20(5,6)14-16/h16H,1,8-14H2,2-7H3,(H,21,24). The lowest BCUT2D eigenvalue weighted by Crippen LogP contribution is -2.60. The fraction of sp³-hybridized carbons (Fsp3) is 0.800. The van der Waals surface area contributed by atoms with Crippen LogP contribution in [0.25, 0.3) is 0 Å². The van der Waals surface area contributed by atoms with Gasteiger partial charge >= 0.3 is 5.97 Å². The van der Waals surface area contributed by atoms with Crippen molar-refractivity contribution in [3.8, 4) is 0 Å². The Balaban J connectivity index is 2.26. The molecule has 0 saturated carbocycles. The number of hydrogen-bond acceptors (Lipinski definition) is 4. The number of nitrogens with one attached hydrogen (secondary N) is 1. The van der Waals surface area contributed by atoms with Crippen LogP contribution in [-0.4, -0.2) is 47.6 Å². The highest BCUT2D eigenvalue weighted by Crippen LogP contribution is 2.38. The summed E-state index contributed by atoms with van der Waals surface area (Å²) in [5.74, 6) is -0.209. The second-order valence-corrected chi connectivity index (χ2v) is 8.55. The van der Waals surface area contributed by atoms with E-state index in [1.54, 1.807) is 6.92 Å². The Labute approximate surface area is 153 Å². The van der Waals surface area contributed by atoms with Crippen molar-refractivity contribution < 1.29 is 14.3 Å². The monoisotopic (exact) mass is 352 g/mol. The largest absolute Gasteiger partial charge is 0.462 e. The lowest BCUT2D eigenvalue weighted by atomic mass is 9.79. The van der Waals surface area contributed by atoms with E-state index in [4.69, 9.17) is 4.74 Å². The number of nitrogens with zero attached hydrogens (tertiary/aromatic N) is 1. The molecule has 1 aliphatic rings. The Morgan fingerprint density at radius 2 is 1.68 bits per heavy atom. The van der Waals surface area contributed by atoms with Gasteiger partial charge in [0.1, 0.15) is 6.10 Å². The molecule has 0 unspecified atom stereocenters. The van der Waals surface area contributed by atoms with Gasteiger partial charge in [-0.2, -0.15) is 0 Å². The van der Waals surface area contributed by atoms with Crippen LogP contribution in [0.2, 0.25) is 0 Å². The molecule has 0 aliphatic carbocycles. The van der Waals surface area contributed by atoms with E-state index in [1.165, 1.54) is 0 Å². The molecule has 0 atom stereocenters. The summed E-state index contributed by atoms with van der Waals surface area (Å²) >= 11 is 0. The summed E-state index contributed by atoms with van der Waals surface area (Å²) in [4.78, 5) is 25.9. The lowest BCUT2D eigenvalue weighted by molar-refractivity contribution is -0.159. The molecule has 0 aromatic rings. The minimum Gasteiger partial charge on any atom is -0.462 e. The second kappa shape index (κ2) is 8.84. The molecule has 5 heteroatoms. The van der Waals surface area contributed by atoms with Gasteiger partial charge in [0.15, 0.2) is 0 Å². The average molecular weight is 353 g/mol. The van der Waals surface area contributed by atoms with Gasteiger partial charge in [-0.1, -0.05) is 13.0 Å². The molecule has 1 amide bonds. The van der Waals surface area contributed by atoms with Crippen LogP contribution in [0, 0.1) is 0 Å². The smallest absolute Gasteiger partial charge is 0.306 e. The summed E-state index contributed by atoms with van der Waals surface area (Å²) in [7, 11) is 2.14. The zero-order chi connectivity index (χ0) is 19.3. The Hall–Kier alpha value is -1.36. The molecule has 25 heavy (non-hydrogen) atoms. The van der Waals surface area contributed by atoms with Gasteiger partial charge in [-0.3, -0.25) is 14.5 Å². The van der Waals surface area contributed by atoms with Gasteiger partial charge in [0.05, 0.1) is 0 Å². The number of piperidine rings is 1. The van der Waals surface area contributed by atoms with E-state index < -0.39 is 0 Å². The number of hydrogen-bond donors (Lipinski definition) is 1. The molecule has 0 aromatic heterocycles. The summed E-state index contributed by atoms with van der Waals surface area (Å²) in [5.41, 5.74) is 0.565. The molecular formula is C20H36N2O3. The molecule has 144 valence electrons. The van der Waals surface area contributed by atoms with Crippen LogP contribution in [0.4, 0.5) is 0 Å². The van der Waals surface area contributed by atoms with Gasteiger partial charge < -0.3 is 10.1 Å². The van der Waals surface area contributed by atoms with E-state index >= 15 is 0 Å². The molecule has 0 spiro atoms. The van der Waals surface area contributed by atoms with Crippen molar-refractivity contribution in [2.75, 3.05) is 13.6 Å². The molecule has 1 heterocycles. The van der Waals surface area contributed by atoms with Crippen molar-refractivity contribution in [2.45, 2.75) is 90.3 Å². The lowest BCUT2D eigenvalue weighted by Gasteiger charge is -2.53. The fourth-order valence-electron chi connectivity index (χ4n) is 3.53. The second-order valence-electron chi connectivity index (χ2n) is 8.55. The summed E-state index contributed by atoms with van der Waals surface area (Å²) < 4.78 is 5.74. The van der Waals surface area contributed by atoms with Crippen LogP contribution in [0.5, 0.6) is 0 Å². The maximum Gasteiger partial charge on any atom is 0.306 e. The average Bonchev–Trinajstić information content (AvgIpc) is 2.47.